The highest BCUT2D eigenvalue weighted by Gasteiger charge is 2.31. The van der Waals surface area contributed by atoms with Crippen LogP contribution in [-0.2, 0) is 11.2 Å². The number of likely N-dealkylation sites (N-methyl/N-ethyl adjacent to an activating group) is 1. The van der Waals surface area contributed by atoms with Gasteiger partial charge in [-0.25, -0.2) is 4.98 Å². The van der Waals surface area contributed by atoms with Gasteiger partial charge in [-0.3, -0.25) is 0 Å². The molecule has 0 spiro atoms. The Morgan fingerprint density at radius 1 is 1.53 bits per heavy atom. The van der Waals surface area contributed by atoms with Gasteiger partial charge in [0.2, 0.25) is 0 Å². The number of nitrogens with one attached hydrogen (secondary N) is 1. The van der Waals surface area contributed by atoms with Crippen LogP contribution in [0.5, 0.6) is 0 Å². The highest BCUT2D eigenvalue weighted by Crippen LogP contribution is 2.32. The first-order valence-corrected chi connectivity index (χ1v) is 7.26. The van der Waals surface area contributed by atoms with Crippen molar-refractivity contribution in [3.63, 3.8) is 0 Å². The van der Waals surface area contributed by atoms with Crippen molar-refractivity contribution in [2.45, 2.75) is 58.3 Å². The van der Waals surface area contributed by atoms with Crippen molar-refractivity contribution in [2.75, 3.05) is 7.05 Å². The zero-order valence-electron chi connectivity index (χ0n) is 11.1. The maximum absolute atomic E-state index is 5.96. The largest absolute Gasteiger partial charge is 0.373 e. The zero-order valence-corrected chi connectivity index (χ0v) is 11.9. The SMILES string of the molecule is CCc1nc(C(NC)C2CCC(C)O2)sc1C. The fourth-order valence-corrected chi connectivity index (χ4v) is 3.63. The molecule has 0 bridgehead atoms. The Morgan fingerprint density at radius 2 is 2.29 bits per heavy atom. The summed E-state index contributed by atoms with van der Waals surface area (Å²) in [7, 11) is 2.00. The van der Waals surface area contributed by atoms with E-state index in [2.05, 4.69) is 26.1 Å². The molecule has 96 valence electrons. The third kappa shape index (κ3) is 2.69. The van der Waals surface area contributed by atoms with Gasteiger partial charge in [0.15, 0.2) is 0 Å². The maximum atomic E-state index is 5.96. The Hall–Kier alpha value is -0.450. The maximum Gasteiger partial charge on any atom is 0.113 e. The molecular weight excluding hydrogens is 232 g/mol. The molecule has 2 rings (SSSR count). The molecule has 0 radical (unpaired) electrons. The summed E-state index contributed by atoms with van der Waals surface area (Å²) in [6.45, 7) is 6.47. The molecule has 0 aliphatic carbocycles. The smallest absolute Gasteiger partial charge is 0.113 e. The number of rotatable bonds is 4. The molecule has 3 nitrogen and oxygen atoms in total. The van der Waals surface area contributed by atoms with Crippen molar-refractivity contribution >= 4 is 11.3 Å². The fraction of sp³-hybridized carbons (Fsp3) is 0.769. The summed E-state index contributed by atoms with van der Waals surface area (Å²) < 4.78 is 5.96. The van der Waals surface area contributed by atoms with E-state index in [1.165, 1.54) is 15.6 Å². The first-order valence-electron chi connectivity index (χ1n) is 6.44. The van der Waals surface area contributed by atoms with Crippen molar-refractivity contribution in [3.05, 3.63) is 15.6 Å². The zero-order chi connectivity index (χ0) is 12.4. The van der Waals surface area contributed by atoms with E-state index in [0.717, 1.165) is 19.3 Å². The van der Waals surface area contributed by atoms with Crippen LogP contribution >= 0.6 is 11.3 Å². The first kappa shape index (κ1) is 13.0. The standard InChI is InChI=1S/C13H22N2OS/c1-5-10-9(3)17-13(15-10)12(14-4)11-7-6-8(2)16-11/h8,11-12,14H,5-7H2,1-4H3. The van der Waals surface area contributed by atoms with Gasteiger partial charge in [0.05, 0.1) is 23.9 Å². The van der Waals surface area contributed by atoms with E-state index in [-0.39, 0.29) is 12.1 Å². The minimum absolute atomic E-state index is 0.254. The van der Waals surface area contributed by atoms with Crippen molar-refractivity contribution < 1.29 is 4.74 Å². The monoisotopic (exact) mass is 254 g/mol. The number of aryl methyl sites for hydroxylation is 2. The fourth-order valence-electron chi connectivity index (χ4n) is 2.46. The molecule has 1 aliphatic rings. The van der Waals surface area contributed by atoms with Gasteiger partial charge >= 0.3 is 0 Å². The lowest BCUT2D eigenvalue weighted by molar-refractivity contribution is 0.0332. The third-order valence-electron chi connectivity index (χ3n) is 3.46. The topological polar surface area (TPSA) is 34.2 Å². The third-order valence-corrected chi connectivity index (χ3v) is 4.55. The van der Waals surface area contributed by atoms with E-state index in [0.29, 0.717) is 6.10 Å². The number of hydrogen-bond donors (Lipinski definition) is 1. The second kappa shape index (κ2) is 5.46. The first-order chi connectivity index (χ1) is 8.15. The molecule has 1 N–H and O–H groups in total. The van der Waals surface area contributed by atoms with Crippen molar-refractivity contribution in [1.82, 2.24) is 10.3 Å². The minimum Gasteiger partial charge on any atom is -0.373 e. The van der Waals surface area contributed by atoms with Crippen LogP contribution in [0.3, 0.4) is 0 Å². The van der Waals surface area contributed by atoms with Crippen LogP contribution < -0.4 is 5.32 Å². The molecule has 17 heavy (non-hydrogen) atoms. The molecule has 1 aromatic heterocycles. The van der Waals surface area contributed by atoms with Gasteiger partial charge in [-0.15, -0.1) is 11.3 Å². The predicted octanol–water partition coefficient (Wildman–Crippen LogP) is 2.84. The summed E-state index contributed by atoms with van der Waals surface area (Å²) in [6, 6.07) is 0.254. The lowest BCUT2D eigenvalue weighted by Gasteiger charge is -2.21. The molecule has 1 aliphatic heterocycles. The summed E-state index contributed by atoms with van der Waals surface area (Å²) in [6.07, 6.45) is 3.98. The number of ether oxygens (including phenoxy) is 1. The van der Waals surface area contributed by atoms with Crippen LogP contribution in [0.2, 0.25) is 0 Å². The van der Waals surface area contributed by atoms with Crippen LogP contribution in [0.1, 0.15) is 48.3 Å². The summed E-state index contributed by atoms with van der Waals surface area (Å²) in [5, 5.41) is 4.55. The summed E-state index contributed by atoms with van der Waals surface area (Å²) in [5.74, 6) is 0. The predicted molar refractivity (Wildman–Crippen MR) is 71.6 cm³/mol. The van der Waals surface area contributed by atoms with Crippen molar-refractivity contribution in [3.8, 4) is 0 Å². The molecular formula is C13H22N2OS. The van der Waals surface area contributed by atoms with E-state index >= 15 is 0 Å². The van der Waals surface area contributed by atoms with Crippen LogP contribution in [-0.4, -0.2) is 24.2 Å². The van der Waals surface area contributed by atoms with Gasteiger partial charge in [-0.1, -0.05) is 6.92 Å². The van der Waals surface area contributed by atoms with Gasteiger partial charge in [0, 0.05) is 4.88 Å². The minimum atomic E-state index is 0.254. The second-order valence-electron chi connectivity index (χ2n) is 4.74. The van der Waals surface area contributed by atoms with E-state index in [4.69, 9.17) is 9.72 Å². The van der Waals surface area contributed by atoms with Gasteiger partial charge in [-0.2, -0.15) is 0 Å². The van der Waals surface area contributed by atoms with Gasteiger partial charge in [0.1, 0.15) is 5.01 Å². The molecule has 0 saturated carbocycles. The molecule has 2 heterocycles. The van der Waals surface area contributed by atoms with Gasteiger partial charge in [-0.05, 0) is 40.2 Å². The molecule has 4 heteroatoms. The van der Waals surface area contributed by atoms with Crippen molar-refractivity contribution in [2.24, 2.45) is 0 Å². The normalized spacial score (nSPS) is 26.4. The number of nitrogens with zero attached hydrogens (tertiary/aromatic N) is 1. The van der Waals surface area contributed by atoms with Crippen LogP contribution in [0, 0.1) is 6.92 Å². The van der Waals surface area contributed by atoms with Crippen LogP contribution in [0.15, 0.2) is 0 Å². The molecule has 3 unspecified atom stereocenters. The summed E-state index contributed by atoms with van der Waals surface area (Å²) >= 11 is 1.81. The highest BCUT2D eigenvalue weighted by atomic mass is 32.1. The average Bonchev–Trinajstić information content (AvgIpc) is 2.87. The molecule has 0 amide bonds. The Bertz CT molecular complexity index is 377. The molecule has 1 saturated heterocycles. The highest BCUT2D eigenvalue weighted by molar-refractivity contribution is 7.11. The van der Waals surface area contributed by atoms with Crippen molar-refractivity contribution in [1.29, 1.82) is 0 Å². The molecule has 1 fully saturated rings. The van der Waals surface area contributed by atoms with E-state index < -0.39 is 0 Å². The van der Waals surface area contributed by atoms with E-state index in [1.807, 2.05) is 7.05 Å². The van der Waals surface area contributed by atoms with E-state index in [1.54, 1.807) is 11.3 Å². The lowest BCUT2D eigenvalue weighted by atomic mass is 10.1. The molecule has 1 aromatic rings. The molecule has 3 atom stereocenters. The van der Waals surface area contributed by atoms with Gasteiger partial charge in [0.25, 0.3) is 0 Å². The molecule has 0 aromatic carbocycles. The van der Waals surface area contributed by atoms with Crippen LogP contribution in [0.4, 0.5) is 0 Å². The number of thiazole rings is 1. The Morgan fingerprint density at radius 3 is 2.76 bits per heavy atom. The number of aromatic nitrogens is 1. The average molecular weight is 254 g/mol. The van der Waals surface area contributed by atoms with Gasteiger partial charge < -0.3 is 10.1 Å². The lowest BCUT2D eigenvalue weighted by Crippen LogP contribution is -2.29. The summed E-state index contributed by atoms with van der Waals surface area (Å²) in [5.41, 5.74) is 1.23. The second-order valence-corrected chi connectivity index (χ2v) is 5.97. The Labute approximate surface area is 108 Å². The number of hydrogen-bond acceptors (Lipinski definition) is 4. The quantitative estimate of drug-likeness (QED) is 0.897. The van der Waals surface area contributed by atoms with Crippen LogP contribution in [0.25, 0.3) is 0 Å². The Kier molecular flexibility index (Phi) is 4.17. The summed E-state index contributed by atoms with van der Waals surface area (Å²) in [4.78, 5) is 6.09. The Balaban J connectivity index is 2.16. The van der Waals surface area contributed by atoms with E-state index in [9.17, 15) is 0 Å².